The van der Waals surface area contributed by atoms with Gasteiger partial charge in [-0.05, 0) is 11.6 Å². The molecule has 3 N–H and O–H groups in total. The van der Waals surface area contributed by atoms with Gasteiger partial charge in [-0.15, -0.1) is 0 Å². The maximum Gasteiger partial charge on any atom is 0.315 e. The van der Waals surface area contributed by atoms with E-state index in [1.165, 1.54) is 6.92 Å². The molecule has 5 nitrogen and oxygen atoms in total. The number of rotatable bonds is 5. The lowest BCUT2D eigenvalue weighted by Gasteiger charge is -2.10. The fourth-order valence-electron chi connectivity index (χ4n) is 1.21. The molecule has 2 amide bonds. The van der Waals surface area contributed by atoms with Crippen molar-refractivity contribution in [1.29, 1.82) is 0 Å². The van der Waals surface area contributed by atoms with Crippen LogP contribution in [-0.2, 0) is 11.3 Å². The number of nitrogens with one attached hydrogen (secondary N) is 2. The van der Waals surface area contributed by atoms with E-state index in [9.17, 15) is 9.59 Å². The second kappa shape index (κ2) is 6.86. The van der Waals surface area contributed by atoms with Gasteiger partial charge in [0, 0.05) is 18.1 Å². The fourth-order valence-corrected chi connectivity index (χ4v) is 1.42. The number of hydrogen-bond donors (Lipinski definition) is 3. The third-order valence-electron chi connectivity index (χ3n) is 2.39. The molecule has 98 valence electrons. The molecule has 0 radical (unpaired) electrons. The molecule has 1 aromatic carbocycles. The summed E-state index contributed by atoms with van der Waals surface area (Å²) in [6.07, 6.45) is 0. The van der Waals surface area contributed by atoms with Crippen LogP contribution in [0, 0.1) is 5.92 Å². The van der Waals surface area contributed by atoms with E-state index >= 15 is 0 Å². The van der Waals surface area contributed by atoms with Gasteiger partial charge in [0.2, 0.25) is 0 Å². The van der Waals surface area contributed by atoms with E-state index in [0.717, 1.165) is 5.56 Å². The summed E-state index contributed by atoms with van der Waals surface area (Å²) in [5.41, 5.74) is 0.806. The Morgan fingerprint density at radius 3 is 2.61 bits per heavy atom. The summed E-state index contributed by atoms with van der Waals surface area (Å²) in [6, 6.07) is 6.77. The van der Waals surface area contributed by atoms with Gasteiger partial charge in [0.25, 0.3) is 0 Å². The molecular weight excluding hydrogens is 256 g/mol. The highest BCUT2D eigenvalue weighted by Gasteiger charge is 2.11. The molecule has 0 spiro atoms. The van der Waals surface area contributed by atoms with Crippen LogP contribution < -0.4 is 10.6 Å². The van der Waals surface area contributed by atoms with Crippen molar-refractivity contribution in [2.75, 3.05) is 6.54 Å². The number of carboxylic acid groups (broad SMARTS) is 1. The first-order chi connectivity index (χ1) is 8.50. The summed E-state index contributed by atoms with van der Waals surface area (Å²) < 4.78 is 0. The van der Waals surface area contributed by atoms with Crippen molar-refractivity contribution in [2.24, 2.45) is 5.92 Å². The molecule has 1 aromatic rings. The smallest absolute Gasteiger partial charge is 0.315 e. The van der Waals surface area contributed by atoms with E-state index in [0.29, 0.717) is 11.6 Å². The summed E-state index contributed by atoms with van der Waals surface area (Å²) in [5, 5.41) is 14.3. The highest BCUT2D eigenvalue weighted by molar-refractivity contribution is 6.31. The quantitative estimate of drug-likeness (QED) is 0.764. The van der Waals surface area contributed by atoms with E-state index in [1.54, 1.807) is 12.1 Å². The van der Waals surface area contributed by atoms with Crippen molar-refractivity contribution in [1.82, 2.24) is 10.6 Å². The molecule has 0 bridgehead atoms. The maximum atomic E-state index is 11.4. The summed E-state index contributed by atoms with van der Waals surface area (Å²) in [6.45, 7) is 1.91. The minimum Gasteiger partial charge on any atom is -0.481 e. The number of urea groups is 1. The van der Waals surface area contributed by atoms with E-state index in [2.05, 4.69) is 10.6 Å². The normalized spacial score (nSPS) is 11.7. The first-order valence-electron chi connectivity index (χ1n) is 5.48. The van der Waals surface area contributed by atoms with Crippen LogP contribution in [0.4, 0.5) is 4.79 Å². The summed E-state index contributed by atoms with van der Waals surface area (Å²) >= 11 is 5.93. The van der Waals surface area contributed by atoms with Crippen LogP contribution >= 0.6 is 11.6 Å². The molecule has 1 atom stereocenters. The zero-order valence-corrected chi connectivity index (χ0v) is 10.7. The molecule has 18 heavy (non-hydrogen) atoms. The van der Waals surface area contributed by atoms with Gasteiger partial charge in [-0.2, -0.15) is 0 Å². The van der Waals surface area contributed by atoms with E-state index < -0.39 is 17.9 Å². The Bertz CT molecular complexity index is 437. The second-order valence-corrected chi connectivity index (χ2v) is 4.30. The molecule has 0 aliphatic rings. The number of amides is 2. The summed E-state index contributed by atoms with van der Waals surface area (Å²) in [5.74, 6) is -1.56. The number of aliphatic carboxylic acids is 1. The standard InChI is InChI=1S/C12H15ClN2O3/c1-8(11(16)17)6-14-12(18)15-7-9-4-2-3-5-10(9)13/h2-5,8H,6-7H2,1H3,(H,16,17)(H2,14,15,18). The predicted molar refractivity (Wildman–Crippen MR) is 68.5 cm³/mol. The number of hydrogen-bond acceptors (Lipinski definition) is 2. The Labute approximate surface area is 110 Å². The first kappa shape index (κ1) is 14.3. The maximum absolute atomic E-state index is 11.4. The van der Waals surface area contributed by atoms with Crippen LogP contribution in [0.15, 0.2) is 24.3 Å². The Kier molecular flexibility index (Phi) is 5.45. The first-order valence-corrected chi connectivity index (χ1v) is 5.86. The van der Waals surface area contributed by atoms with Crippen molar-refractivity contribution < 1.29 is 14.7 Å². The average molecular weight is 271 g/mol. The highest BCUT2D eigenvalue weighted by Crippen LogP contribution is 2.14. The van der Waals surface area contributed by atoms with Gasteiger partial charge in [0.15, 0.2) is 0 Å². The van der Waals surface area contributed by atoms with E-state index in [-0.39, 0.29) is 6.54 Å². The highest BCUT2D eigenvalue weighted by atomic mass is 35.5. The Morgan fingerprint density at radius 1 is 1.33 bits per heavy atom. The number of carbonyl (C=O) groups excluding carboxylic acids is 1. The van der Waals surface area contributed by atoms with Gasteiger partial charge in [-0.3, -0.25) is 4.79 Å². The Hall–Kier alpha value is -1.75. The minimum absolute atomic E-state index is 0.0870. The SMILES string of the molecule is CC(CNC(=O)NCc1ccccc1Cl)C(=O)O. The molecule has 0 aromatic heterocycles. The van der Waals surface area contributed by atoms with Crippen LogP contribution in [0.5, 0.6) is 0 Å². The van der Waals surface area contributed by atoms with Gasteiger partial charge in [0.1, 0.15) is 0 Å². The summed E-state index contributed by atoms with van der Waals surface area (Å²) in [7, 11) is 0. The molecule has 0 aliphatic carbocycles. The van der Waals surface area contributed by atoms with Gasteiger partial charge < -0.3 is 15.7 Å². The lowest BCUT2D eigenvalue weighted by Crippen LogP contribution is -2.38. The molecule has 0 heterocycles. The van der Waals surface area contributed by atoms with Crippen molar-refractivity contribution in [2.45, 2.75) is 13.5 Å². The fraction of sp³-hybridized carbons (Fsp3) is 0.333. The van der Waals surface area contributed by atoms with Crippen molar-refractivity contribution >= 4 is 23.6 Å². The Balaban J connectivity index is 2.34. The Morgan fingerprint density at radius 2 is 2.00 bits per heavy atom. The third kappa shape index (κ3) is 4.63. The van der Waals surface area contributed by atoms with Crippen LogP contribution in [0.25, 0.3) is 0 Å². The van der Waals surface area contributed by atoms with Gasteiger partial charge >= 0.3 is 12.0 Å². The zero-order chi connectivity index (χ0) is 13.5. The summed E-state index contributed by atoms with van der Waals surface area (Å²) in [4.78, 5) is 21.9. The number of benzene rings is 1. The number of carboxylic acids is 1. The van der Waals surface area contributed by atoms with Crippen molar-refractivity contribution in [3.05, 3.63) is 34.9 Å². The third-order valence-corrected chi connectivity index (χ3v) is 2.76. The number of halogens is 1. The zero-order valence-electron chi connectivity index (χ0n) is 9.94. The average Bonchev–Trinajstić information content (AvgIpc) is 2.34. The molecular formula is C12H15ClN2O3. The van der Waals surface area contributed by atoms with Crippen LogP contribution in [0.2, 0.25) is 5.02 Å². The molecule has 1 unspecified atom stereocenters. The lowest BCUT2D eigenvalue weighted by atomic mass is 10.2. The topological polar surface area (TPSA) is 78.4 Å². The molecule has 1 rings (SSSR count). The van der Waals surface area contributed by atoms with E-state index in [1.807, 2.05) is 12.1 Å². The minimum atomic E-state index is -0.943. The van der Waals surface area contributed by atoms with Gasteiger partial charge in [0.05, 0.1) is 5.92 Å². The molecule has 0 fully saturated rings. The van der Waals surface area contributed by atoms with Gasteiger partial charge in [-0.25, -0.2) is 4.79 Å². The molecule has 0 saturated carbocycles. The van der Waals surface area contributed by atoms with Crippen LogP contribution in [-0.4, -0.2) is 23.7 Å². The van der Waals surface area contributed by atoms with Crippen LogP contribution in [0.3, 0.4) is 0 Å². The predicted octanol–water partition coefficient (Wildman–Crippen LogP) is 1.86. The van der Waals surface area contributed by atoms with Crippen molar-refractivity contribution in [3.63, 3.8) is 0 Å². The molecule has 6 heteroatoms. The second-order valence-electron chi connectivity index (χ2n) is 3.89. The van der Waals surface area contributed by atoms with Gasteiger partial charge in [-0.1, -0.05) is 36.7 Å². The number of carbonyl (C=O) groups is 2. The van der Waals surface area contributed by atoms with E-state index in [4.69, 9.17) is 16.7 Å². The largest absolute Gasteiger partial charge is 0.481 e. The monoisotopic (exact) mass is 270 g/mol. The van der Waals surface area contributed by atoms with Crippen molar-refractivity contribution in [3.8, 4) is 0 Å². The van der Waals surface area contributed by atoms with Crippen LogP contribution in [0.1, 0.15) is 12.5 Å². The molecule has 0 saturated heterocycles. The lowest BCUT2D eigenvalue weighted by molar-refractivity contribution is -0.140. The molecule has 0 aliphatic heterocycles.